The first-order valence-corrected chi connectivity index (χ1v) is 6.82. The molecule has 2 rings (SSSR count). The van der Waals surface area contributed by atoms with E-state index in [1.54, 1.807) is 12.1 Å². The molecule has 1 aliphatic rings. The minimum atomic E-state index is -0.292. The van der Waals surface area contributed by atoms with Crippen LogP contribution in [0.4, 0.5) is 4.39 Å². The number of halogens is 1. The molecular weight excluding hydrogens is 243 g/mol. The molecule has 1 aromatic carbocycles. The van der Waals surface area contributed by atoms with Crippen molar-refractivity contribution in [2.75, 3.05) is 27.7 Å². The summed E-state index contributed by atoms with van der Waals surface area (Å²) in [5.74, 6) is 0.00839. The van der Waals surface area contributed by atoms with Crippen molar-refractivity contribution in [3.8, 4) is 5.75 Å². The van der Waals surface area contributed by atoms with E-state index in [1.165, 1.54) is 26.4 Å². The Bertz CT molecular complexity index is 432. The van der Waals surface area contributed by atoms with Crippen LogP contribution in [-0.2, 0) is 0 Å². The Labute approximate surface area is 114 Å². The monoisotopic (exact) mass is 266 g/mol. The molecular formula is C15H23FN2O. The second-order valence-electron chi connectivity index (χ2n) is 5.36. The Morgan fingerprint density at radius 1 is 1.37 bits per heavy atom. The molecule has 0 radical (unpaired) electrons. The van der Waals surface area contributed by atoms with Crippen LogP contribution in [0.1, 0.15) is 30.9 Å². The minimum Gasteiger partial charge on any atom is -0.494 e. The first kappa shape index (κ1) is 14.3. The van der Waals surface area contributed by atoms with Crippen LogP contribution in [0.3, 0.4) is 0 Å². The molecule has 1 unspecified atom stereocenters. The fourth-order valence-electron chi connectivity index (χ4n) is 3.24. The maximum Gasteiger partial charge on any atom is 0.165 e. The lowest BCUT2D eigenvalue weighted by Crippen LogP contribution is -2.48. The van der Waals surface area contributed by atoms with E-state index in [4.69, 9.17) is 4.74 Å². The molecule has 0 saturated heterocycles. The molecule has 1 atom stereocenters. The van der Waals surface area contributed by atoms with Crippen LogP contribution in [0.2, 0.25) is 0 Å². The third-order valence-electron chi connectivity index (χ3n) is 4.29. The Balaban J connectivity index is 2.28. The maximum absolute atomic E-state index is 13.9. The number of hydrogen-bond acceptors (Lipinski definition) is 3. The quantitative estimate of drug-likeness (QED) is 0.830. The number of methoxy groups -OCH3 is 1. The third-order valence-corrected chi connectivity index (χ3v) is 4.29. The summed E-state index contributed by atoms with van der Waals surface area (Å²) < 4.78 is 18.9. The highest BCUT2D eigenvalue weighted by atomic mass is 19.1. The first-order chi connectivity index (χ1) is 9.16. The fourth-order valence-corrected chi connectivity index (χ4v) is 3.24. The molecule has 1 aromatic rings. The molecule has 0 bridgehead atoms. The van der Waals surface area contributed by atoms with Crippen molar-refractivity contribution in [3.63, 3.8) is 0 Å². The van der Waals surface area contributed by atoms with E-state index in [0.29, 0.717) is 5.75 Å². The number of benzene rings is 1. The van der Waals surface area contributed by atoms with E-state index in [-0.39, 0.29) is 17.3 Å². The van der Waals surface area contributed by atoms with E-state index >= 15 is 0 Å². The van der Waals surface area contributed by atoms with Crippen LogP contribution < -0.4 is 15.4 Å². The van der Waals surface area contributed by atoms with Gasteiger partial charge in [-0.3, -0.25) is 0 Å². The summed E-state index contributed by atoms with van der Waals surface area (Å²) in [7, 11) is 5.41. The number of rotatable bonds is 6. The predicted octanol–water partition coefficient (Wildman–Crippen LogP) is 2.48. The Morgan fingerprint density at radius 3 is 2.53 bits per heavy atom. The van der Waals surface area contributed by atoms with E-state index in [1.807, 2.05) is 20.2 Å². The Hall–Kier alpha value is -1.13. The van der Waals surface area contributed by atoms with Gasteiger partial charge in [-0.25, -0.2) is 4.39 Å². The molecule has 3 nitrogen and oxygen atoms in total. The van der Waals surface area contributed by atoms with Crippen molar-refractivity contribution in [1.82, 2.24) is 10.6 Å². The SMILES string of the molecule is CNCC1(C(NC)c2ccc(OC)c(F)c2)CCC1. The molecule has 1 aliphatic carbocycles. The molecule has 0 amide bonds. The lowest BCUT2D eigenvalue weighted by Gasteiger charge is -2.48. The highest BCUT2D eigenvalue weighted by Gasteiger charge is 2.43. The van der Waals surface area contributed by atoms with E-state index in [0.717, 1.165) is 12.1 Å². The molecule has 0 heterocycles. The van der Waals surface area contributed by atoms with Crippen molar-refractivity contribution in [1.29, 1.82) is 0 Å². The summed E-state index contributed by atoms with van der Waals surface area (Å²) in [6, 6.07) is 5.43. The Kier molecular flexibility index (Phi) is 4.42. The van der Waals surface area contributed by atoms with Gasteiger partial charge in [0.2, 0.25) is 0 Å². The molecule has 0 aromatic heterocycles. The fraction of sp³-hybridized carbons (Fsp3) is 0.600. The van der Waals surface area contributed by atoms with Gasteiger partial charge >= 0.3 is 0 Å². The van der Waals surface area contributed by atoms with Gasteiger partial charge in [-0.1, -0.05) is 12.5 Å². The minimum absolute atomic E-state index is 0.175. The smallest absolute Gasteiger partial charge is 0.165 e. The van der Waals surface area contributed by atoms with Gasteiger partial charge < -0.3 is 15.4 Å². The van der Waals surface area contributed by atoms with Crippen LogP contribution in [0.25, 0.3) is 0 Å². The average molecular weight is 266 g/mol. The molecule has 19 heavy (non-hydrogen) atoms. The number of hydrogen-bond donors (Lipinski definition) is 2. The number of ether oxygens (including phenoxy) is 1. The topological polar surface area (TPSA) is 33.3 Å². The normalized spacial score (nSPS) is 18.7. The first-order valence-electron chi connectivity index (χ1n) is 6.82. The second kappa shape index (κ2) is 5.88. The van der Waals surface area contributed by atoms with Crippen LogP contribution in [0, 0.1) is 11.2 Å². The van der Waals surface area contributed by atoms with Gasteiger partial charge in [-0.2, -0.15) is 0 Å². The third kappa shape index (κ3) is 2.60. The van der Waals surface area contributed by atoms with Gasteiger partial charge in [0.15, 0.2) is 11.6 Å². The Morgan fingerprint density at radius 2 is 2.11 bits per heavy atom. The molecule has 106 valence electrons. The van der Waals surface area contributed by atoms with E-state index < -0.39 is 0 Å². The standard InChI is InChI=1S/C15H23FN2O/c1-17-10-15(7-4-8-15)14(18-2)11-5-6-13(19-3)12(16)9-11/h5-6,9,14,17-18H,4,7-8,10H2,1-3H3. The summed E-state index contributed by atoms with van der Waals surface area (Å²) in [5.41, 5.74) is 1.20. The molecule has 0 spiro atoms. The molecule has 4 heteroatoms. The van der Waals surface area contributed by atoms with E-state index in [2.05, 4.69) is 10.6 Å². The second-order valence-corrected chi connectivity index (χ2v) is 5.36. The van der Waals surface area contributed by atoms with Gasteiger partial charge in [0.25, 0.3) is 0 Å². The summed E-state index contributed by atoms with van der Waals surface area (Å²) in [4.78, 5) is 0. The summed E-state index contributed by atoms with van der Waals surface area (Å²) in [5, 5.41) is 6.64. The maximum atomic E-state index is 13.9. The highest BCUT2D eigenvalue weighted by molar-refractivity contribution is 5.32. The zero-order chi connectivity index (χ0) is 13.9. The average Bonchev–Trinajstić information content (AvgIpc) is 2.36. The zero-order valence-corrected chi connectivity index (χ0v) is 11.9. The molecule has 1 saturated carbocycles. The predicted molar refractivity (Wildman–Crippen MR) is 75.0 cm³/mol. The lowest BCUT2D eigenvalue weighted by molar-refractivity contribution is 0.0787. The zero-order valence-electron chi connectivity index (χ0n) is 11.9. The summed E-state index contributed by atoms with van der Waals surface area (Å²) >= 11 is 0. The van der Waals surface area contributed by atoms with Gasteiger partial charge in [0.05, 0.1) is 7.11 Å². The molecule has 2 N–H and O–H groups in total. The highest BCUT2D eigenvalue weighted by Crippen LogP contribution is 2.49. The van der Waals surface area contributed by atoms with Crippen molar-refractivity contribution in [2.24, 2.45) is 5.41 Å². The van der Waals surface area contributed by atoms with Crippen LogP contribution in [0.15, 0.2) is 18.2 Å². The van der Waals surface area contributed by atoms with Crippen LogP contribution in [0.5, 0.6) is 5.75 Å². The van der Waals surface area contributed by atoms with Gasteiger partial charge in [-0.05, 0) is 44.6 Å². The van der Waals surface area contributed by atoms with Gasteiger partial charge in [0, 0.05) is 18.0 Å². The lowest BCUT2D eigenvalue weighted by atomic mass is 9.62. The number of nitrogens with one attached hydrogen (secondary N) is 2. The van der Waals surface area contributed by atoms with Crippen molar-refractivity contribution in [2.45, 2.75) is 25.3 Å². The van der Waals surface area contributed by atoms with Crippen LogP contribution >= 0.6 is 0 Å². The van der Waals surface area contributed by atoms with Crippen molar-refractivity contribution >= 4 is 0 Å². The summed E-state index contributed by atoms with van der Waals surface area (Å²) in [6.07, 6.45) is 3.60. The van der Waals surface area contributed by atoms with Gasteiger partial charge in [-0.15, -0.1) is 0 Å². The van der Waals surface area contributed by atoms with Crippen molar-refractivity contribution < 1.29 is 9.13 Å². The molecule has 0 aliphatic heterocycles. The van der Waals surface area contributed by atoms with Gasteiger partial charge in [0.1, 0.15) is 0 Å². The van der Waals surface area contributed by atoms with Crippen molar-refractivity contribution in [3.05, 3.63) is 29.6 Å². The molecule has 1 fully saturated rings. The summed E-state index contributed by atoms with van der Waals surface area (Å²) in [6.45, 7) is 0.951. The van der Waals surface area contributed by atoms with E-state index in [9.17, 15) is 4.39 Å². The largest absolute Gasteiger partial charge is 0.494 e. The van der Waals surface area contributed by atoms with Crippen LogP contribution in [-0.4, -0.2) is 27.7 Å².